The first-order chi connectivity index (χ1) is 18.1. The number of pyridine rings is 1. The van der Waals surface area contributed by atoms with E-state index in [0.717, 1.165) is 50.0 Å². The summed E-state index contributed by atoms with van der Waals surface area (Å²) in [6.07, 6.45) is 9.12. The Balaban J connectivity index is 1.23. The van der Waals surface area contributed by atoms with Gasteiger partial charge in [-0.15, -0.1) is 11.3 Å². The molecule has 0 unspecified atom stereocenters. The number of alkyl halides is 1. The number of benzene rings is 1. The number of nitrogens with one attached hydrogen (secondary N) is 1. The average Bonchev–Trinajstić information content (AvgIpc) is 3.53. The van der Waals surface area contributed by atoms with Crippen LogP contribution in [0.15, 0.2) is 61.3 Å². The number of fused-ring (bicyclic) bond motifs is 4. The van der Waals surface area contributed by atoms with E-state index < -0.39 is 0 Å². The first kappa shape index (κ1) is 23.6. The highest BCUT2D eigenvalue weighted by Crippen LogP contribution is 2.38. The lowest BCUT2D eigenvalue weighted by molar-refractivity contribution is -0.126. The molecule has 1 aromatic carbocycles. The fourth-order valence-corrected chi connectivity index (χ4v) is 5.82. The Hall–Kier alpha value is -3.83. The van der Waals surface area contributed by atoms with Gasteiger partial charge in [-0.1, -0.05) is 22.0 Å². The van der Waals surface area contributed by atoms with Gasteiger partial charge in [0.05, 0.1) is 18.1 Å². The number of aryl methyl sites for hydroxylation is 1. The van der Waals surface area contributed by atoms with Gasteiger partial charge in [0, 0.05) is 22.4 Å². The smallest absolute Gasteiger partial charge is 0.246 e. The fourth-order valence-electron chi connectivity index (χ4n) is 4.43. The van der Waals surface area contributed by atoms with Gasteiger partial charge in [-0.3, -0.25) is 4.79 Å². The van der Waals surface area contributed by atoms with Crippen molar-refractivity contribution in [1.29, 1.82) is 0 Å². The van der Waals surface area contributed by atoms with Crippen LogP contribution in [0.4, 0.5) is 11.5 Å². The highest BCUT2D eigenvalue weighted by atomic mass is 79.9. The maximum atomic E-state index is 12.5. The Labute approximate surface area is 225 Å². The number of aromatic nitrogens is 5. The Morgan fingerprint density at radius 1 is 1.22 bits per heavy atom. The second-order valence-electron chi connectivity index (χ2n) is 8.61. The van der Waals surface area contributed by atoms with Crippen LogP contribution in [-0.2, 0) is 17.8 Å². The van der Waals surface area contributed by atoms with Crippen LogP contribution in [0.5, 0.6) is 11.5 Å². The molecule has 1 aliphatic heterocycles. The molecule has 5 aromatic rings. The summed E-state index contributed by atoms with van der Waals surface area (Å²) in [5, 5.41) is 9.33. The van der Waals surface area contributed by atoms with Crippen LogP contribution in [0.25, 0.3) is 15.9 Å². The largest absolute Gasteiger partial charge is 0.455 e. The number of hydrogen-bond donors (Lipinski definition) is 1. The van der Waals surface area contributed by atoms with Gasteiger partial charge in [0.2, 0.25) is 5.91 Å². The van der Waals surface area contributed by atoms with Gasteiger partial charge in [-0.05, 0) is 60.9 Å². The van der Waals surface area contributed by atoms with E-state index in [2.05, 4.69) is 41.3 Å². The SMILES string of the molecule is Cc1cc(Nc2ncnc3sc4c(c23)CCN(C(=O)/C=C/CBr)C4)ccc1Oc1ccc2ncnn2c1. The number of amides is 1. The Morgan fingerprint density at radius 3 is 3.00 bits per heavy atom. The van der Waals surface area contributed by atoms with Crippen molar-refractivity contribution >= 4 is 60.5 Å². The summed E-state index contributed by atoms with van der Waals surface area (Å²) >= 11 is 4.95. The minimum atomic E-state index is 0.0333. The Bertz CT molecular complexity index is 1660. The number of ether oxygens (including phenoxy) is 1. The van der Waals surface area contributed by atoms with Crippen LogP contribution in [0.2, 0.25) is 0 Å². The number of nitrogens with zero attached hydrogens (tertiary/aromatic N) is 6. The van der Waals surface area contributed by atoms with E-state index >= 15 is 0 Å². The maximum Gasteiger partial charge on any atom is 0.246 e. The number of carbonyl (C=O) groups excluding carboxylic acids is 1. The number of thiophene rings is 1. The number of rotatable bonds is 6. The molecule has 0 spiro atoms. The predicted octanol–water partition coefficient (Wildman–Crippen LogP) is 5.41. The molecule has 37 heavy (non-hydrogen) atoms. The zero-order valence-corrected chi connectivity index (χ0v) is 22.3. The fraction of sp³-hybridized carbons (Fsp3) is 0.192. The molecule has 186 valence electrons. The normalized spacial score (nSPS) is 13.4. The summed E-state index contributed by atoms with van der Waals surface area (Å²) in [6.45, 7) is 3.27. The van der Waals surface area contributed by atoms with E-state index in [-0.39, 0.29) is 5.91 Å². The van der Waals surface area contributed by atoms with Crippen molar-refractivity contribution in [2.45, 2.75) is 19.9 Å². The van der Waals surface area contributed by atoms with Crippen molar-refractivity contribution in [2.24, 2.45) is 0 Å². The standard InChI is InChI=1S/C26H22BrN7O2S/c1-16-11-17(4-6-20(16)36-18-5-7-22-28-15-31-34(22)12-18)32-25-24-19-8-10-33(23(35)3-2-9-27)13-21(19)37-26(24)30-14-29-25/h2-7,11-12,14-15H,8-10,13H2,1H3,(H,29,30,32)/b3-2+. The maximum absolute atomic E-state index is 12.5. The predicted molar refractivity (Wildman–Crippen MR) is 147 cm³/mol. The van der Waals surface area contributed by atoms with Gasteiger partial charge in [0.1, 0.15) is 34.8 Å². The summed E-state index contributed by atoms with van der Waals surface area (Å²) in [5.41, 5.74) is 3.87. The van der Waals surface area contributed by atoms with E-state index in [0.29, 0.717) is 24.2 Å². The molecule has 0 aliphatic carbocycles. The first-order valence-corrected chi connectivity index (χ1v) is 13.6. The zero-order chi connectivity index (χ0) is 25.4. The van der Waals surface area contributed by atoms with Crippen LogP contribution >= 0.6 is 27.3 Å². The molecule has 0 atom stereocenters. The second kappa shape index (κ2) is 9.91. The van der Waals surface area contributed by atoms with Crippen molar-refractivity contribution in [3.8, 4) is 11.5 Å². The van der Waals surface area contributed by atoms with Crippen molar-refractivity contribution < 1.29 is 9.53 Å². The molecule has 6 rings (SSSR count). The third-order valence-electron chi connectivity index (χ3n) is 6.21. The third kappa shape index (κ3) is 4.67. The minimum absolute atomic E-state index is 0.0333. The molecule has 1 amide bonds. The average molecular weight is 576 g/mol. The van der Waals surface area contributed by atoms with Gasteiger partial charge in [0.25, 0.3) is 0 Å². The first-order valence-electron chi connectivity index (χ1n) is 11.7. The highest BCUT2D eigenvalue weighted by molar-refractivity contribution is 9.09. The van der Waals surface area contributed by atoms with Crippen LogP contribution in [-0.4, -0.2) is 47.2 Å². The number of carbonyl (C=O) groups is 1. The molecular formula is C26H22BrN7O2S. The quantitative estimate of drug-likeness (QED) is 0.213. The molecule has 0 bridgehead atoms. The Kier molecular flexibility index (Phi) is 6.31. The number of halogens is 1. The van der Waals surface area contributed by atoms with Gasteiger partial charge in [-0.25, -0.2) is 19.5 Å². The summed E-state index contributed by atoms with van der Waals surface area (Å²) in [6, 6.07) is 9.69. The van der Waals surface area contributed by atoms with Gasteiger partial charge in [0.15, 0.2) is 5.65 Å². The van der Waals surface area contributed by atoms with Crippen LogP contribution in [0, 0.1) is 6.92 Å². The zero-order valence-electron chi connectivity index (χ0n) is 19.9. The molecule has 1 N–H and O–H groups in total. The van der Waals surface area contributed by atoms with E-state index in [1.54, 1.807) is 34.5 Å². The molecule has 11 heteroatoms. The third-order valence-corrected chi connectivity index (χ3v) is 7.71. The molecular weight excluding hydrogens is 554 g/mol. The molecule has 0 saturated carbocycles. The van der Waals surface area contributed by atoms with Crippen LogP contribution in [0.1, 0.15) is 16.0 Å². The van der Waals surface area contributed by atoms with E-state index in [4.69, 9.17) is 4.74 Å². The highest BCUT2D eigenvalue weighted by Gasteiger charge is 2.25. The molecule has 5 heterocycles. The molecule has 9 nitrogen and oxygen atoms in total. The summed E-state index contributed by atoms with van der Waals surface area (Å²) < 4.78 is 7.78. The number of hydrogen-bond acceptors (Lipinski definition) is 8. The minimum Gasteiger partial charge on any atom is -0.455 e. The van der Waals surface area contributed by atoms with Gasteiger partial charge >= 0.3 is 0 Å². The number of anilines is 2. The van der Waals surface area contributed by atoms with E-state index in [1.807, 2.05) is 48.2 Å². The Morgan fingerprint density at radius 2 is 2.14 bits per heavy atom. The van der Waals surface area contributed by atoms with E-state index in [1.165, 1.54) is 11.9 Å². The second-order valence-corrected chi connectivity index (χ2v) is 10.3. The van der Waals surface area contributed by atoms with Crippen LogP contribution in [0.3, 0.4) is 0 Å². The molecule has 0 saturated heterocycles. The summed E-state index contributed by atoms with van der Waals surface area (Å²) in [4.78, 5) is 29.7. The molecule has 0 fully saturated rings. The molecule has 0 radical (unpaired) electrons. The van der Waals surface area contributed by atoms with Crippen LogP contribution < -0.4 is 10.1 Å². The summed E-state index contributed by atoms with van der Waals surface area (Å²) in [5.74, 6) is 2.24. The van der Waals surface area contributed by atoms with E-state index in [9.17, 15) is 4.79 Å². The lowest BCUT2D eigenvalue weighted by atomic mass is 10.0. The molecule has 1 aliphatic rings. The monoisotopic (exact) mass is 575 g/mol. The van der Waals surface area contributed by atoms with Crippen molar-refractivity contribution in [1.82, 2.24) is 29.5 Å². The lowest BCUT2D eigenvalue weighted by Gasteiger charge is -2.26. The lowest BCUT2D eigenvalue weighted by Crippen LogP contribution is -2.34. The summed E-state index contributed by atoms with van der Waals surface area (Å²) in [7, 11) is 0. The number of allylic oxidation sites excluding steroid dienone is 1. The van der Waals surface area contributed by atoms with Crippen molar-refractivity contribution in [2.75, 3.05) is 17.2 Å². The van der Waals surface area contributed by atoms with Crippen molar-refractivity contribution in [3.05, 3.63) is 77.3 Å². The van der Waals surface area contributed by atoms with Crippen molar-refractivity contribution in [3.63, 3.8) is 0 Å². The topological polar surface area (TPSA) is 97.5 Å². The van der Waals surface area contributed by atoms with Gasteiger partial charge in [-0.2, -0.15) is 5.10 Å². The van der Waals surface area contributed by atoms with Gasteiger partial charge < -0.3 is 15.0 Å². The molecule has 4 aromatic heterocycles.